The van der Waals surface area contributed by atoms with E-state index in [-0.39, 0.29) is 0 Å². The maximum atomic E-state index is 3.57. The van der Waals surface area contributed by atoms with E-state index in [1.165, 1.54) is 36.0 Å². The van der Waals surface area contributed by atoms with Crippen LogP contribution in [0.5, 0.6) is 0 Å². The zero-order chi connectivity index (χ0) is 11.5. The first-order valence-corrected chi connectivity index (χ1v) is 6.44. The zero-order valence-electron chi connectivity index (χ0n) is 10.00. The predicted molar refractivity (Wildman–Crippen MR) is 72.4 cm³/mol. The molecule has 0 aliphatic carbocycles. The van der Waals surface area contributed by atoms with E-state index in [0.29, 0.717) is 0 Å². The Bertz CT molecular complexity index is 483. The molecule has 0 spiro atoms. The van der Waals surface area contributed by atoms with Gasteiger partial charge in [-0.05, 0) is 37.9 Å². The third-order valence-electron chi connectivity index (χ3n) is 3.57. The normalized spacial score (nSPS) is 20.6. The summed E-state index contributed by atoms with van der Waals surface area (Å²) < 4.78 is 0. The van der Waals surface area contributed by atoms with Crippen molar-refractivity contribution in [1.82, 2.24) is 10.3 Å². The number of rotatable bonds is 3. The standard InChI is InChI=1S/C14H19N3/c1-2-6-13-12(5-1)14(10-17-13)16-9-11-4-3-7-15-8-11/h1-2,5-6,10-11,15-17H,3-4,7-9H2. The Morgan fingerprint density at radius 2 is 2.24 bits per heavy atom. The first kappa shape index (κ1) is 10.7. The Labute approximate surface area is 102 Å². The van der Waals surface area contributed by atoms with Crippen LogP contribution in [0.15, 0.2) is 30.5 Å². The van der Waals surface area contributed by atoms with Gasteiger partial charge in [-0.2, -0.15) is 0 Å². The van der Waals surface area contributed by atoms with E-state index in [9.17, 15) is 0 Å². The molecule has 1 aromatic heterocycles. The maximum Gasteiger partial charge on any atom is 0.0598 e. The van der Waals surface area contributed by atoms with Gasteiger partial charge >= 0.3 is 0 Å². The molecule has 1 atom stereocenters. The monoisotopic (exact) mass is 229 g/mol. The predicted octanol–water partition coefficient (Wildman–Crippen LogP) is 2.58. The summed E-state index contributed by atoms with van der Waals surface area (Å²) in [7, 11) is 0. The minimum Gasteiger partial charge on any atom is -0.383 e. The van der Waals surface area contributed by atoms with E-state index in [0.717, 1.165) is 19.0 Å². The van der Waals surface area contributed by atoms with Crippen LogP contribution in [0.25, 0.3) is 10.9 Å². The van der Waals surface area contributed by atoms with Crippen LogP contribution in [0.3, 0.4) is 0 Å². The molecule has 1 aromatic carbocycles. The minimum atomic E-state index is 0.761. The van der Waals surface area contributed by atoms with E-state index in [2.05, 4.69) is 46.1 Å². The summed E-state index contributed by atoms with van der Waals surface area (Å²) in [5.74, 6) is 0.761. The second-order valence-electron chi connectivity index (χ2n) is 4.84. The first-order valence-electron chi connectivity index (χ1n) is 6.44. The largest absolute Gasteiger partial charge is 0.383 e. The van der Waals surface area contributed by atoms with Crippen molar-refractivity contribution in [1.29, 1.82) is 0 Å². The lowest BCUT2D eigenvalue weighted by Crippen LogP contribution is -2.33. The smallest absolute Gasteiger partial charge is 0.0598 e. The van der Waals surface area contributed by atoms with Gasteiger partial charge in [-0.15, -0.1) is 0 Å². The molecule has 0 radical (unpaired) electrons. The van der Waals surface area contributed by atoms with Gasteiger partial charge in [0.25, 0.3) is 0 Å². The summed E-state index contributed by atoms with van der Waals surface area (Å²) >= 11 is 0. The van der Waals surface area contributed by atoms with Gasteiger partial charge in [0.1, 0.15) is 0 Å². The molecular weight excluding hydrogens is 210 g/mol. The Morgan fingerprint density at radius 3 is 3.12 bits per heavy atom. The zero-order valence-corrected chi connectivity index (χ0v) is 10.00. The van der Waals surface area contributed by atoms with Crippen molar-refractivity contribution in [2.75, 3.05) is 25.0 Å². The van der Waals surface area contributed by atoms with Crippen LogP contribution in [-0.4, -0.2) is 24.6 Å². The van der Waals surface area contributed by atoms with Crippen LogP contribution >= 0.6 is 0 Å². The Hall–Kier alpha value is -1.48. The number of aromatic nitrogens is 1. The van der Waals surface area contributed by atoms with Gasteiger partial charge in [-0.25, -0.2) is 0 Å². The Kier molecular flexibility index (Phi) is 3.01. The molecule has 1 aliphatic heterocycles. The molecule has 3 nitrogen and oxygen atoms in total. The van der Waals surface area contributed by atoms with Crippen molar-refractivity contribution in [3.63, 3.8) is 0 Å². The van der Waals surface area contributed by atoms with Crippen LogP contribution < -0.4 is 10.6 Å². The molecule has 2 aromatic rings. The third kappa shape index (κ3) is 2.29. The fourth-order valence-corrected chi connectivity index (χ4v) is 2.57. The second-order valence-corrected chi connectivity index (χ2v) is 4.84. The molecule has 1 aliphatic rings. The molecule has 0 saturated carbocycles. The summed E-state index contributed by atoms with van der Waals surface area (Å²) in [4.78, 5) is 3.30. The SMILES string of the molecule is c1ccc2c(NCC3CCCNC3)c[nH]c2c1. The topological polar surface area (TPSA) is 39.8 Å². The first-order chi connectivity index (χ1) is 8.43. The molecule has 17 heavy (non-hydrogen) atoms. The number of hydrogen-bond acceptors (Lipinski definition) is 2. The van der Waals surface area contributed by atoms with Gasteiger partial charge in [0.2, 0.25) is 0 Å². The van der Waals surface area contributed by atoms with E-state index in [1.807, 2.05) is 0 Å². The number of hydrogen-bond donors (Lipinski definition) is 3. The average molecular weight is 229 g/mol. The molecule has 1 unspecified atom stereocenters. The van der Waals surface area contributed by atoms with Gasteiger partial charge in [0.05, 0.1) is 5.69 Å². The van der Waals surface area contributed by atoms with Gasteiger partial charge in [0, 0.05) is 23.6 Å². The summed E-state index contributed by atoms with van der Waals surface area (Å²) in [6.07, 6.45) is 4.71. The quantitative estimate of drug-likeness (QED) is 0.757. The maximum absolute atomic E-state index is 3.57. The molecule has 2 heterocycles. The van der Waals surface area contributed by atoms with Crippen molar-refractivity contribution in [2.45, 2.75) is 12.8 Å². The molecule has 90 valence electrons. The number of anilines is 1. The number of aromatic amines is 1. The van der Waals surface area contributed by atoms with Crippen LogP contribution in [0, 0.1) is 5.92 Å². The highest BCUT2D eigenvalue weighted by molar-refractivity contribution is 5.92. The summed E-state index contributed by atoms with van der Waals surface area (Å²) in [5, 5.41) is 8.31. The van der Waals surface area contributed by atoms with Crippen LogP contribution in [0.1, 0.15) is 12.8 Å². The number of nitrogens with one attached hydrogen (secondary N) is 3. The lowest BCUT2D eigenvalue weighted by atomic mass is 10.00. The number of benzene rings is 1. The van der Waals surface area contributed by atoms with E-state index >= 15 is 0 Å². The number of piperidine rings is 1. The lowest BCUT2D eigenvalue weighted by molar-refractivity contribution is 0.393. The van der Waals surface area contributed by atoms with Gasteiger partial charge in [-0.3, -0.25) is 0 Å². The van der Waals surface area contributed by atoms with Gasteiger partial charge in [-0.1, -0.05) is 18.2 Å². The van der Waals surface area contributed by atoms with Gasteiger partial charge in [0.15, 0.2) is 0 Å². The third-order valence-corrected chi connectivity index (χ3v) is 3.57. The lowest BCUT2D eigenvalue weighted by Gasteiger charge is -2.23. The van der Waals surface area contributed by atoms with Crippen molar-refractivity contribution in [3.05, 3.63) is 30.5 Å². The molecule has 3 N–H and O–H groups in total. The van der Waals surface area contributed by atoms with Crippen molar-refractivity contribution in [3.8, 4) is 0 Å². The van der Waals surface area contributed by atoms with Crippen molar-refractivity contribution >= 4 is 16.6 Å². The van der Waals surface area contributed by atoms with Crippen molar-refractivity contribution < 1.29 is 0 Å². The summed E-state index contributed by atoms with van der Waals surface area (Å²) in [6.45, 7) is 3.40. The van der Waals surface area contributed by atoms with Crippen LogP contribution in [0.4, 0.5) is 5.69 Å². The Morgan fingerprint density at radius 1 is 1.29 bits per heavy atom. The highest BCUT2D eigenvalue weighted by Gasteiger charge is 2.13. The number of para-hydroxylation sites is 1. The van der Waals surface area contributed by atoms with E-state index in [4.69, 9.17) is 0 Å². The van der Waals surface area contributed by atoms with E-state index in [1.54, 1.807) is 0 Å². The molecule has 1 fully saturated rings. The number of fused-ring (bicyclic) bond motifs is 1. The fraction of sp³-hybridized carbons (Fsp3) is 0.429. The van der Waals surface area contributed by atoms with Crippen molar-refractivity contribution in [2.24, 2.45) is 5.92 Å². The fourth-order valence-electron chi connectivity index (χ4n) is 2.57. The average Bonchev–Trinajstić information content (AvgIpc) is 2.81. The molecule has 1 saturated heterocycles. The molecular formula is C14H19N3. The highest BCUT2D eigenvalue weighted by Crippen LogP contribution is 2.23. The van der Waals surface area contributed by atoms with Gasteiger partial charge < -0.3 is 15.6 Å². The van der Waals surface area contributed by atoms with Crippen LogP contribution in [-0.2, 0) is 0 Å². The summed E-state index contributed by atoms with van der Waals surface area (Å²) in [5.41, 5.74) is 2.43. The van der Waals surface area contributed by atoms with Crippen LogP contribution in [0.2, 0.25) is 0 Å². The minimum absolute atomic E-state index is 0.761. The Balaban J connectivity index is 1.68. The van der Waals surface area contributed by atoms with E-state index < -0.39 is 0 Å². The summed E-state index contributed by atoms with van der Waals surface area (Å²) in [6, 6.07) is 8.42. The second kappa shape index (κ2) is 4.80. The molecule has 0 bridgehead atoms. The molecule has 0 amide bonds. The highest BCUT2D eigenvalue weighted by atomic mass is 14.9. The number of H-pyrrole nitrogens is 1. The molecule has 3 rings (SSSR count). The molecule has 3 heteroatoms.